The third-order valence-corrected chi connectivity index (χ3v) is 4.78. The number of rotatable bonds is 4. The molecule has 0 unspecified atom stereocenters. The number of amides is 1. The lowest BCUT2D eigenvalue weighted by Crippen LogP contribution is -2.41. The number of hydrogen-bond donors (Lipinski definition) is 0. The number of carbonyl (C=O) groups is 1. The quantitative estimate of drug-likeness (QED) is 0.591. The van der Waals surface area contributed by atoms with Gasteiger partial charge in [0.25, 0.3) is 0 Å². The second kappa shape index (κ2) is 6.63. The van der Waals surface area contributed by atoms with Gasteiger partial charge in [0.2, 0.25) is 0 Å². The summed E-state index contributed by atoms with van der Waals surface area (Å²) in [5.74, 6) is 0. The molecule has 0 N–H and O–H groups in total. The number of ether oxygens (including phenoxy) is 1. The van der Waals surface area contributed by atoms with Crippen LogP contribution in [-0.2, 0) is 14.0 Å². The molecule has 5 nitrogen and oxygen atoms in total. The summed E-state index contributed by atoms with van der Waals surface area (Å²) in [4.78, 5) is 13.6. The normalized spacial score (nSPS) is 23.4. The van der Waals surface area contributed by atoms with E-state index in [0.717, 1.165) is 24.7 Å². The average molecular weight is 309 g/mol. The number of carbonyl (C=O) groups excluding carboxylic acids is 1. The Hall–Kier alpha value is -1.01. The lowest BCUT2D eigenvalue weighted by Gasteiger charge is -2.32. The lowest BCUT2D eigenvalue weighted by molar-refractivity contribution is 0.00578. The molecule has 0 atom stereocenters. The molecular formula is C16H28BNO4. The van der Waals surface area contributed by atoms with E-state index in [1.165, 1.54) is 0 Å². The molecule has 0 aromatic heterocycles. The molecule has 22 heavy (non-hydrogen) atoms. The van der Waals surface area contributed by atoms with Crippen LogP contribution in [0.5, 0.6) is 0 Å². The zero-order valence-corrected chi connectivity index (χ0v) is 14.5. The topological polar surface area (TPSA) is 48.0 Å². The van der Waals surface area contributed by atoms with Gasteiger partial charge in [-0.3, -0.25) is 0 Å². The Bertz CT molecular complexity index is 431. The standard InChI is InChI=1S/C16H28BNO4/c1-6-7-12-20-14(19)18-10-8-13(9-11-18)17-21-15(2,3)16(4,5)22-17/h8H,6-7,9-12H2,1-5H3. The minimum Gasteiger partial charge on any atom is -0.449 e. The maximum atomic E-state index is 11.9. The molecule has 0 aromatic rings. The maximum Gasteiger partial charge on any atom is 0.490 e. The van der Waals surface area contributed by atoms with Crippen molar-refractivity contribution in [3.8, 4) is 0 Å². The Labute approximate surface area is 134 Å². The van der Waals surface area contributed by atoms with E-state index in [4.69, 9.17) is 14.0 Å². The van der Waals surface area contributed by atoms with E-state index < -0.39 is 0 Å². The molecule has 0 spiro atoms. The van der Waals surface area contributed by atoms with Crippen molar-refractivity contribution in [3.05, 3.63) is 11.5 Å². The number of nitrogens with zero attached hydrogens (tertiary/aromatic N) is 1. The first-order valence-electron chi connectivity index (χ1n) is 8.23. The van der Waals surface area contributed by atoms with E-state index in [0.29, 0.717) is 19.7 Å². The third-order valence-electron chi connectivity index (χ3n) is 4.78. The van der Waals surface area contributed by atoms with Gasteiger partial charge >= 0.3 is 13.2 Å². The van der Waals surface area contributed by atoms with Crippen LogP contribution in [0.4, 0.5) is 4.79 Å². The van der Waals surface area contributed by atoms with Crippen LogP contribution in [0.3, 0.4) is 0 Å². The van der Waals surface area contributed by atoms with Crippen molar-refractivity contribution < 1.29 is 18.8 Å². The highest BCUT2D eigenvalue weighted by atomic mass is 16.7. The summed E-state index contributed by atoms with van der Waals surface area (Å²) in [6, 6.07) is 0. The molecule has 2 aliphatic heterocycles. The molecule has 2 aliphatic rings. The van der Waals surface area contributed by atoms with Crippen LogP contribution in [-0.4, -0.2) is 49.0 Å². The van der Waals surface area contributed by atoms with E-state index in [-0.39, 0.29) is 24.4 Å². The number of unbranched alkanes of at least 4 members (excludes halogenated alkanes) is 1. The SMILES string of the molecule is CCCCOC(=O)N1CC=C(B2OC(C)(C)C(C)(C)O2)CC1. The highest BCUT2D eigenvalue weighted by molar-refractivity contribution is 6.54. The Morgan fingerprint density at radius 3 is 2.45 bits per heavy atom. The van der Waals surface area contributed by atoms with Crippen molar-refractivity contribution in [3.63, 3.8) is 0 Å². The van der Waals surface area contributed by atoms with E-state index in [2.05, 4.69) is 6.92 Å². The third kappa shape index (κ3) is 3.66. The summed E-state index contributed by atoms with van der Waals surface area (Å²) >= 11 is 0. The van der Waals surface area contributed by atoms with Gasteiger partial charge in [-0.25, -0.2) is 4.79 Å². The molecule has 2 rings (SSSR count). The largest absolute Gasteiger partial charge is 0.490 e. The van der Waals surface area contributed by atoms with Crippen LogP contribution in [0.15, 0.2) is 11.5 Å². The van der Waals surface area contributed by atoms with Gasteiger partial charge in [0, 0.05) is 13.1 Å². The molecule has 0 aromatic carbocycles. The molecule has 124 valence electrons. The van der Waals surface area contributed by atoms with Crippen LogP contribution in [0, 0.1) is 0 Å². The fraction of sp³-hybridized carbons (Fsp3) is 0.812. The van der Waals surface area contributed by atoms with E-state index in [9.17, 15) is 4.79 Å². The van der Waals surface area contributed by atoms with E-state index >= 15 is 0 Å². The summed E-state index contributed by atoms with van der Waals surface area (Å²) in [5.41, 5.74) is 0.472. The van der Waals surface area contributed by atoms with Crippen LogP contribution in [0.25, 0.3) is 0 Å². The van der Waals surface area contributed by atoms with Crippen molar-refractivity contribution in [1.29, 1.82) is 0 Å². The summed E-state index contributed by atoms with van der Waals surface area (Å²) in [7, 11) is -0.303. The monoisotopic (exact) mass is 309 g/mol. The summed E-state index contributed by atoms with van der Waals surface area (Å²) in [6.07, 6.45) is 4.51. The maximum absolute atomic E-state index is 11.9. The van der Waals surface area contributed by atoms with Crippen LogP contribution < -0.4 is 0 Å². The molecule has 6 heteroatoms. The van der Waals surface area contributed by atoms with Gasteiger partial charge in [-0.1, -0.05) is 19.4 Å². The van der Waals surface area contributed by atoms with Crippen molar-refractivity contribution in [2.75, 3.05) is 19.7 Å². The van der Waals surface area contributed by atoms with Crippen molar-refractivity contribution in [2.45, 2.75) is 65.1 Å². The first kappa shape index (κ1) is 17.4. The average Bonchev–Trinajstić information content (AvgIpc) is 2.68. The van der Waals surface area contributed by atoms with Crippen molar-refractivity contribution in [1.82, 2.24) is 4.90 Å². The molecule has 0 radical (unpaired) electrons. The van der Waals surface area contributed by atoms with Gasteiger partial charge < -0.3 is 18.9 Å². The van der Waals surface area contributed by atoms with Crippen LogP contribution >= 0.6 is 0 Å². The summed E-state index contributed by atoms with van der Waals surface area (Å²) < 4.78 is 17.4. The van der Waals surface area contributed by atoms with Gasteiger partial charge in [0.1, 0.15) is 0 Å². The van der Waals surface area contributed by atoms with Crippen LogP contribution in [0.1, 0.15) is 53.9 Å². The van der Waals surface area contributed by atoms with Gasteiger partial charge in [-0.2, -0.15) is 0 Å². The molecule has 1 fully saturated rings. The van der Waals surface area contributed by atoms with Gasteiger partial charge in [-0.15, -0.1) is 0 Å². The van der Waals surface area contributed by atoms with Gasteiger partial charge in [-0.05, 0) is 46.0 Å². The first-order valence-corrected chi connectivity index (χ1v) is 8.23. The lowest BCUT2D eigenvalue weighted by atomic mass is 9.75. The summed E-state index contributed by atoms with van der Waals surface area (Å²) in [6.45, 7) is 12.0. The Morgan fingerprint density at radius 1 is 1.32 bits per heavy atom. The first-order chi connectivity index (χ1) is 10.3. The van der Waals surface area contributed by atoms with Crippen molar-refractivity contribution >= 4 is 13.2 Å². The van der Waals surface area contributed by atoms with E-state index in [1.54, 1.807) is 4.90 Å². The zero-order valence-electron chi connectivity index (χ0n) is 14.5. The van der Waals surface area contributed by atoms with Gasteiger partial charge in [0.05, 0.1) is 17.8 Å². The van der Waals surface area contributed by atoms with Crippen molar-refractivity contribution in [2.24, 2.45) is 0 Å². The minimum atomic E-state index is -0.325. The Balaban J connectivity index is 1.89. The minimum absolute atomic E-state index is 0.224. The molecule has 1 saturated heterocycles. The molecular weight excluding hydrogens is 281 g/mol. The van der Waals surface area contributed by atoms with Gasteiger partial charge in [0.15, 0.2) is 0 Å². The molecule has 0 bridgehead atoms. The second-order valence-corrected chi connectivity index (χ2v) is 7.03. The smallest absolute Gasteiger partial charge is 0.449 e. The molecule has 2 heterocycles. The van der Waals surface area contributed by atoms with E-state index in [1.807, 2.05) is 33.8 Å². The fourth-order valence-corrected chi connectivity index (χ4v) is 2.45. The highest BCUT2D eigenvalue weighted by Crippen LogP contribution is 2.39. The summed E-state index contributed by atoms with van der Waals surface area (Å²) in [5, 5.41) is 0. The molecule has 0 aliphatic carbocycles. The molecule has 0 saturated carbocycles. The molecule has 1 amide bonds. The highest BCUT2D eigenvalue weighted by Gasteiger charge is 2.52. The predicted octanol–water partition coefficient (Wildman–Crippen LogP) is 3.19. The second-order valence-electron chi connectivity index (χ2n) is 7.03. The fourth-order valence-electron chi connectivity index (χ4n) is 2.45. The Kier molecular flexibility index (Phi) is 5.23. The predicted molar refractivity (Wildman–Crippen MR) is 86.6 cm³/mol. The number of hydrogen-bond acceptors (Lipinski definition) is 4. The zero-order chi connectivity index (χ0) is 16.4. The Morgan fingerprint density at radius 2 is 1.95 bits per heavy atom. The van der Waals surface area contributed by atoms with Crippen LogP contribution in [0.2, 0.25) is 0 Å².